The number of anilines is 2. The quantitative estimate of drug-likeness (QED) is 0.833. The maximum atomic E-state index is 11.9. The number of nitrogens with two attached hydrogens (primary N) is 1. The number of amides is 1. The zero-order chi connectivity index (χ0) is 13.4. The number of likely N-dealkylation sites (tertiary alicyclic amines) is 1. The summed E-state index contributed by atoms with van der Waals surface area (Å²) in [6.45, 7) is 0.759. The number of carbonyl (C=O) groups excluding carboxylic acids is 1. The fourth-order valence-corrected chi connectivity index (χ4v) is 2.33. The Morgan fingerprint density at radius 3 is 2.89 bits per heavy atom. The lowest BCUT2D eigenvalue weighted by Gasteiger charge is -2.14. The van der Waals surface area contributed by atoms with Crippen LogP contribution in [0.25, 0.3) is 10.9 Å². The maximum absolute atomic E-state index is 11.9. The van der Waals surface area contributed by atoms with E-state index in [1.807, 2.05) is 24.3 Å². The first kappa shape index (κ1) is 11.7. The monoisotopic (exact) mass is 257 g/mol. The van der Waals surface area contributed by atoms with Crippen molar-refractivity contribution in [1.29, 1.82) is 0 Å². The predicted molar refractivity (Wildman–Crippen MR) is 73.6 cm³/mol. The van der Waals surface area contributed by atoms with E-state index in [1.54, 1.807) is 11.9 Å². The van der Waals surface area contributed by atoms with Crippen molar-refractivity contribution < 1.29 is 4.79 Å². The number of fused-ring (bicyclic) bond motifs is 1. The Hall–Kier alpha value is -2.37. The summed E-state index contributed by atoms with van der Waals surface area (Å²) in [5.41, 5.74) is 6.48. The van der Waals surface area contributed by atoms with Crippen molar-refractivity contribution >= 4 is 28.6 Å². The van der Waals surface area contributed by atoms with E-state index < -0.39 is 0 Å². The minimum atomic E-state index is -0.234. The first-order valence-corrected chi connectivity index (χ1v) is 6.19. The molecule has 1 aliphatic rings. The minimum absolute atomic E-state index is 0.0845. The summed E-state index contributed by atoms with van der Waals surface area (Å²) in [5, 5.41) is 4.06. The average molecular weight is 257 g/mol. The lowest BCUT2D eigenvalue weighted by molar-refractivity contribution is -0.127. The third kappa shape index (κ3) is 2.05. The van der Waals surface area contributed by atoms with Gasteiger partial charge in [0, 0.05) is 19.0 Å². The van der Waals surface area contributed by atoms with E-state index in [4.69, 9.17) is 5.73 Å². The fourth-order valence-electron chi connectivity index (χ4n) is 2.33. The van der Waals surface area contributed by atoms with Crippen LogP contribution >= 0.6 is 0 Å². The Labute approximate surface area is 110 Å². The second kappa shape index (κ2) is 4.38. The van der Waals surface area contributed by atoms with Gasteiger partial charge in [0.25, 0.3) is 0 Å². The van der Waals surface area contributed by atoms with Crippen LogP contribution in [0.3, 0.4) is 0 Å². The number of para-hydroxylation sites is 1. The number of nitrogen functional groups attached to an aromatic ring is 1. The summed E-state index contributed by atoms with van der Waals surface area (Å²) >= 11 is 0. The van der Waals surface area contributed by atoms with Crippen molar-refractivity contribution in [2.45, 2.75) is 12.5 Å². The van der Waals surface area contributed by atoms with Crippen molar-refractivity contribution in [2.75, 3.05) is 24.6 Å². The summed E-state index contributed by atoms with van der Waals surface area (Å²) in [7, 11) is 1.80. The number of hydrogen-bond acceptors (Lipinski definition) is 5. The number of benzene rings is 1. The summed E-state index contributed by atoms with van der Waals surface area (Å²) < 4.78 is 0. The van der Waals surface area contributed by atoms with Crippen LogP contribution in [0.15, 0.2) is 24.3 Å². The molecule has 1 aromatic heterocycles. The Balaban J connectivity index is 1.99. The molecular formula is C13H15N5O. The second-order valence-electron chi connectivity index (χ2n) is 4.69. The number of carbonyl (C=O) groups is 1. The number of likely N-dealkylation sites (N-methyl/N-ethyl adjacent to an activating group) is 1. The van der Waals surface area contributed by atoms with Crippen LogP contribution in [0.1, 0.15) is 6.42 Å². The predicted octanol–water partition coefficient (Wildman–Crippen LogP) is 0.855. The Bertz CT molecular complexity index is 642. The third-order valence-corrected chi connectivity index (χ3v) is 3.36. The molecular weight excluding hydrogens is 242 g/mol. The number of nitrogens with zero attached hydrogens (tertiary/aromatic N) is 3. The van der Waals surface area contributed by atoms with Crippen LogP contribution in [0.5, 0.6) is 0 Å². The average Bonchev–Trinajstić information content (AvgIpc) is 2.70. The van der Waals surface area contributed by atoms with Gasteiger partial charge in [0.05, 0.1) is 5.52 Å². The molecule has 19 heavy (non-hydrogen) atoms. The third-order valence-electron chi connectivity index (χ3n) is 3.36. The summed E-state index contributed by atoms with van der Waals surface area (Å²) in [5.74, 6) is 0.915. The van der Waals surface area contributed by atoms with Gasteiger partial charge in [-0.3, -0.25) is 4.79 Å². The zero-order valence-electron chi connectivity index (χ0n) is 10.6. The molecule has 0 saturated carbocycles. The standard InChI is InChI=1S/C13H15N5O/c1-18-7-6-10(12(18)19)15-11-8-4-2-3-5-9(8)16-13(14)17-11/h2-5,10H,6-7H2,1H3,(H3,14,15,16,17). The van der Waals surface area contributed by atoms with E-state index in [-0.39, 0.29) is 17.9 Å². The van der Waals surface area contributed by atoms with E-state index in [0.717, 1.165) is 23.9 Å². The van der Waals surface area contributed by atoms with Crippen LogP contribution in [-0.4, -0.2) is 40.4 Å². The summed E-state index contributed by atoms with van der Waals surface area (Å²) in [4.78, 5) is 22.0. The Kier molecular flexibility index (Phi) is 2.70. The summed E-state index contributed by atoms with van der Waals surface area (Å²) in [6, 6.07) is 7.37. The molecule has 1 aliphatic heterocycles. The van der Waals surface area contributed by atoms with Gasteiger partial charge in [-0.1, -0.05) is 12.1 Å². The number of nitrogens with one attached hydrogen (secondary N) is 1. The molecule has 98 valence electrons. The highest BCUT2D eigenvalue weighted by Gasteiger charge is 2.29. The molecule has 0 bridgehead atoms. The molecule has 0 aliphatic carbocycles. The molecule has 2 heterocycles. The largest absolute Gasteiger partial charge is 0.368 e. The Morgan fingerprint density at radius 2 is 2.16 bits per heavy atom. The molecule has 1 unspecified atom stereocenters. The zero-order valence-corrected chi connectivity index (χ0v) is 10.6. The van der Waals surface area contributed by atoms with Crippen molar-refractivity contribution in [3.8, 4) is 0 Å². The van der Waals surface area contributed by atoms with Crippen molar-refractivity contribution in [2.24, 2.45) is 0 Å². The van der Waals surface area contributed by atoms with E-state index in [2.05, 4.69) is 15.3 Å². The van der Waals surface area contributed by atoms with Gasteiger partial charge in [0.2, 0.25) is 11.9 Å². The van der Waals surface area contributed by atoms with E-state index in [9.17, 15) is 4.79 Å². The Morgan fingerprint density at radius 1 is 1.37 bits per heavy atom. The molecule has 0 spiro atoms. The topological polar surface area (TPSA) is 84.1 Å². The van der Waals surface area contributed by atoms with Crippen molar-refractivity contribution in [3.05, 3.63) is 24.3 Å². The lowest BCUT2D eigenvalue weighted by atomic mass is 10.2. The number of rotatable bonds is 2. The highest BCUT2D eigenvalue weighted by molar-refractivity contribution is 5.93. The smallest absolute Gasteiger partial charge is 0.244 e. The first-order chi connectivity index (χ1) is 9.15. The minimum Gasteiger partial charge on any atom is -0.368 e. The first-order valence-electron chi connectivity index (χ1n) is 6.19. The molecule has 3 rings (SSSR count). The molecule has 6 nitrogen and oxygen atoms in total. The highest BCUT2D eigenvalue weighted by atomic mass is 16.2. The van der Waals surface area contributed by atoms with Gasteiger partial charge in [0.15, 0.2) is 0 Å². The van der Waals surface area contributed by atoms with Crippen LogP contribution in [0.4, 0.5) is 11.8 Å². The molecule has 1 fully saturated rings. The van der Waals surface area contributed by atoms with E-state index in [1.165, 1.54) is 0 Å². The summed E-state index contributed by atoms with van der Waals surface area (Å²) in [6.07, 6.45) is 0.771. The molecule has 3 N–H and O–H groups in total. The number of hydrogen-bond donors (Lipinski definition) is 2. The van der Waals surface area contributed by atoms with E-state index >= 15 is 0 Å². The van der Waals surface area contributed by atoms with Gasteiger partial charge in [-0.25, -0.2) is 4.98 Å². The normalized spacial score (nSPS) is 19.1. The molecule has 1 atom stereocenters. The fraction of sp³-hybridized carbons (Fsp3) is 0.308. The van der Waals surface area contributed by atoms with Crippen LogP contribution in [0.2, 0.25) is 0 Å². The maximum Gasteiger partial charge on any atom is 0.244 e. The van der Waals surface area contributed by atoms with Crippen molar-refractivity contribution in [1.82, 2.24) is 14.9 Å². The van der Waals surface area contributed by atoms with Gasteiger partial charge in [-0.2, -0.15) is 4.98 Å². The molecule has 2 aromatic rings. The van der Waals surface area contributed by atoms with Gasteiger partial charge < -0.3 is 16.0 Å². The SMILES string of the molecule is CN1CCC(Nc2nc(N)nc3ccccc23)C1=O. The van der Waals surface area contributed by atoms with Gasteiger partial charge in [-0.05, 0) is 18.6 Å². The van der Waals surface area contributed by atoms with Crippen LogP contribution in [-0.2, 0) is 4.79 Å². The molecule has 6 heteroatoms. The molecule has 1 aromatic carbocycles. The molecule has 1 amide bonds. The molecule has 1 saturated heterocycles. The van der Waals surface area contributed by atoms with Gasteiger partial charge in [-0.15, -0.1) is 0 Å². The highest BCUT2D eigenvalue weighted by Crippen LogP contribution is 2.23. The van der Waals surface area contributed by atoms with Crippen LogP contribution in [0, 0.1) is 0 Å². The molecule has 0 radical (unpaired) electrons. The van der Waals surface area contributed by atoms with E-state index in [0.29, 0.717) is 5.82 Å². The van der Waals surface area contributed by atoms with Gasteiger partial charge >= 0.3 is 0 Å². The van der Waals surface area contributed by atoms with Crippen LogP contribution < -0.4 is 11.1 Å². The second-order valence-corrected chi connectivity index (χ2v) is 4.69. The van der Waals surface area contributed by atoms with Gasteiger partial charge in [0.1, 0.15) is 11.9 Å². The van der Waals surface area contributed by atoms with Crippen molar-refractivity contribution in [3.63, 3.8) is 0 Å². The number of aromatic nitrogens is 2. The lowest BCUT2D eigenvalue weighted by Crippen LogP contribution is -2.31.